The van der Waals surface area contributed by atoms with Gasteiger partial charge in [0.1, 0.15) is 0 Å². The molecule has 0 aliphatic rings. The van der Waals surface area contributed by atoms with E-state index in [-0.39, 0.29) is 12.5 Å². The van der Waals surface area contributed by atoms with Gasteiger partial charge in [0.25, 0.3) is 0 Å². The molecule has 0 unspecified atom stereocenters. The van der Waals surface area contributed by atoms with Crippen LogP contribution in [0.3, 0.4) is 0 Å². The molecule has 0 aliphatic carbocycles. The highest BCUT2D eigenvalue weighted by molar-refractivity contribution is 9.10. The number of halogens is 1. The lowest BCUT2D eigenvalue weighted by atomic mass is 10.3. The number of nitrogens with one attached hydrogen (secondary N) is 3. The van der Waals surface area contributed by atoms with Crippen LogP contribution in [0.15, 0.2) is 33.7 Å². The second-order valence-corrected chi connectivity index (χ2v) is 4.15. The Hall–Kier alpha value is -1.56. The highest BCUT2D eigenvalue weighted by Crippen LogP contribution is 2.15. The summed E-state index contributed by atoms with van der Waals surface area (Å²) in [6.45, 7) is 0.167. The van der Waals surface area contributed by atoms with E-state index in [4.69, 9.17) is 0 Å². The number of anilines is 1. The molecule has 1 amide bonds. The fourth-order valence-electron chi connectivity index (χ4n) is 1.21. The van der Waals surface area contributed by atoms with Gasteiger partial charge in [0.2, 0.25) is 5.91 Å². The Morgan fingerprint density at radius 3 is 2.82 bits per heavy atom. The Morgan fingerprint density at radius 1 is 1.47 bits per heavy atom. The van der Waals surface area contributed by atoms with Crippen molar-refractivity contribution in [2.24, 2.45) is 4.99 Å². The third-order valence-electron chi connectivity index (χ3n) is 1.99. The van der Waals surface area contributed by atoms with Crippen molar-refractivity contribution in [3.8, 4) is 0 Å². The summed E-state index contributed by atoms with van der Waals surface area (Å²) in [7, 11) is 3.38. The largest absolute Gasteiger partial charge is 0.359 e. The maximum Gasteiger partial charge on any atom is 0.243 e. The number of guanidine groups is 1. The molecule has 1 rings (SSSR count). The quantitative estimate of drug-likeness (QED) is 0.580. The molecule has 0 saturated heterocycles. The predicted octanol–water partition coefficient (Wildman–Crippen LogP) is 1.18. The lowest BCUT2D eigenvalue weighted by Crippen LogP contribution is -2.39. The molecule has 17 heavy (non-hydrogen) atoms. The van der Waals surface area contributed by atoms with E-state index in [0.29, 0.717) is 5.96 Å². The van der Waals surface area contributed by atoms with Crippen LogP contribution >= 0.6 is 15.9 Å². The molecule has 92 valence electrons. The minimum Gasteiger partial charge on any atom is -0.359 e. The van der Waals surface area contributed by atoms with Crippen LogP contribution in [-0.4, -0.2) is 32.5 Å². The molecule has 3 N–H and O–H groups in total. The zero-order valence-corrected chi connectivity index (χ0v) is 11.3. The summed E-state index contributed by atoms with van der Waals surface area (Å²) >= 11 is 3.34. The second-order valence-electron chi connectivity index (χ2n) is 3.23. The number of aliphatic imine (C=N–C) groups is 1. The molecule has 6 heteroatoms. The fourth-order valence-corrected chi connectivity index (χ4v) is 1.61. The first kappa shape index (κ1) is 13.5. The number of hydrogen-bond acceptors (Lipinski definition) is 2. The summed E-state index contributed by atoms with van der Waals surface area (Å²) in [4.78, 5) is 15.5. The Labute approximate surface area is 109 Å². The van der Waals surface area contributed by atoms with E-state index in [1.54, 1.807) is 14.1 Å². The zero-order chi connectivity index (χ0) is 12.7. The minimum atomic E-state index is -0.125. The molecule has 1 aromatic carbocycles. The molecule has 0 bridgehead atoms. The van der Waals surface area contributed by atoms with Crippen LogP contribution in [0.25, 0.3) is 0 Å². The van der Waals surface area contributed by atoms with Gasteiger partial charge in [-0.1, -0.05) is 22.0 Å². The monoisotopic (exact) mass is 298 g/mol. The van der Waals surface area contributed by atoms with E-state index in [1.807, 2.05) is 24.3 Å². The average molecular weight is 299 g/mol. The van der Waals surface area contributed by atoms with Gasteiger partial charge in [0, 0.05) is 24.3 Å². The van der Waals surface area contributed by atoms with Crippen molar-refractivity contribution >= 4 is 33.5 Å². The standard InChI is InChI=1S/C11H15BrN4O/c1-13-11(14-2)15-7-10(17)16-9-5-3-4-8(12)6-9/h3-6H,7H2,1-2H3,(H,16,17)(H2,13,14,15). The van der Waals surface area contributed by atoms with Crippen molar-refractivity contribution < 1.29 is 4.79 Å². The molecule has 0 spiro atoms. The Balaban J connectivity index is 2.45. The van der Waals surface area contributed by atoms with Gasteiger partial charge in [0.05, 0.1) is 6.54 Å². The molecule has 0 atom stereocenters. The number of hydrogen-bond donors (Lipinski definition) is 3. The van der Waals surface area contributed by atoms with E-state index in [1.165, 1.54) is 0 Å². The highest BCUT2D eigenvalue weighted by Gasteiger charge is 2.03. The van der Waals surface area contributed by atoms with Crippen molar-refractivity contribution in [1.29, 1.82) is 0 Å². The summed E-state index contributed by atoms with van der Waals surface area (Å²) in [6, 6.07) is 7.43. The van der Waals surface area contributed by atoms with Crippen molar-refractivity contribution in [3.05, 3.63) is 28.7 Å². The van der Waals surface area contributed by atoms with E-state index in [9.17, 15) is 4.79 Å². The SMILES string of the molecule is CN=C(NC)NCC(=O)Nc1cccc(Br)c1. The van der Waals surface area contributed by atoms with Crippen LogP contribution in [0.2, 0.25) is 0 Å². The number of amides is 1. The van der Waals surface area contributed by atoms with Gasteiger partial charge in [-0.15, -0.1) is 0 Å². The molecule has 5 nitrogen and oxygen atoms in total. The first-order valence-electron chi connectivity index (χ1n) is 5.09. The smallest absolute Gasteiger partial charge is 0.243 e. The molecule has 0 aliphatic heterocycles. The third-order valence-corrected chi connectivity index (χ3v) is 2.48. The topological polar surface area (TPSA) is 65.5 Å². The van der Waals surface area contributed by atoms with Gasteiger partial charge in [-0.2, -0.15) is 0 Å². The van der Waals surface area contributed by atoms with E-state index < -0.39 is 0 Å². The normalized spacial score (nSPS) is 10.9. The highest BCUT2D eigenvalue weighted by atomic mass is 79.9. The maximum absolute atomic E-state index is 11.6. The van der Waals surface area contributed by atoms with Crippen LogP contribution < -0.4 is 16.0 Å². The molecular weight excluding hydrogens is 284 g/mol. The Morgan fingerprint density at radius 2 is 2.24 bits per heavy atom. The third kappa shape index (κ3) is 4.86. The lowest BCUT2D eigenvalue weighted by molar-refractivity contribution is -0.115. The van der Waals surface area contributed by atoms with Crippen LogP contribution in [0, 0.1) is 0 Å². The van der Waals surface area contributed by atoms with Gasteiger partial charge in [-0.25, -0.2) is 0 Å². The number of carbonyl (C=O) groups is 1. The Kier molecular flexibility index (Phi) is 5.48. The van der Waals surface area contributed by atoms with Crippen LogP contribution in [-0.2, 0) is 4.79 Å². The Bertz CT molecular complexity index is 420. The van der Waals surface area contributed by atoms with Crippen LogP contribution in [0.1, 0.15) is 0 Å². The number of nitrogens with zero attached hydrogens (tertiary/aromatic N) is 1. The molecule has 0 radical (unpaired) electrons. The molecule has 1 aromatic rings. The summed E-state index contributed by atoms with van der Waals surface area (Å²) in [5, 5.41) is 8.47. The minimum absolute atomic E-state index is 0.125. The number of benzene rings is 1. The summed E-state index contributed by atoms with van der Waals surface area (Å²) in [5.74, 6) is 0.453. The van der Waals surface area contributed by atoms with Crippen LogP contribution in [0.4, 0.5) is 5.69 Å². The van der Waals surface area contributed by atoms with Gasteiger partial charge in [-0.3, -0.25) is 9.79 Å². The zero-order valence-electron chi connectivity index (χ0n) is 9.75. The van der Waals surface area contributed by atoms with Crippen LogP contribution in [0.5, 0.6) is 0 Å². The predicted molar refractivity (Wildman–Crippen MR) is 73.2 cm³/mol. The van der Waals surface area contributed by atoms with Gasteiger partial charge in [-0.05, 0) is 18.2 Å². The number of rotatable bonds is 3. The van der Waals surface area contributed by atoms with Gasteiger partial charge < -0.3 is 16.0 Å². The van der Waals surface area contributed by atoms with Crippen molar-refractivity contribution in [2.45, 2.75) is 0 Å². The maximum atomic E-state index is 11.6. The second kappa shape index (κ2) is 6.90. The van der Waals surface area contributed by atoms with Gasteiger partial charge >= 0.3 is 0 Å². The molecule has 0 heterocycles. The summed E-state index contributed by atoms with van der Waals surface area (Å²) in [5.41, 5.74) is 0.755. The van der Waals surface area contributed by atoms with Crippen molar-refractivity contribution in [1.82, 2.24) is 10.6 Å². The first-order valence-corrected chi connectivity index (χ1v) is 5.89. The number of carbonyl (C=O) groups excluding carboxylic acids is 1. The summed E-state index contributed by atoms with van der Waals surface area (Å²) < 4.78 is 0.925. The fraction of sp³-hybridized carbons (Fsp3) is 0.273. The van der Waals surface area contributed by atoms with E-state index >= 15 is 0 Å². The summed E-state index contributed by atoms with van der Waals surface area (Å²) in [6.07, 6.45) is 0. The lowest BCUT2D eigenvalue weighted by Gasteiger charge is -2.09. The first-order chi connectivity index (χ1) is 8.15. The van der Waals surface area contributed by atoms with E-state index in [2.05, 4.69) is 36.9 Å². The molecule has 0 fully saturated rings. The average Bonchev–Trinajstić information content (AvgIpc) is 2.30. The van der Waals surface area contributed by atoms with Crippen molar-refractivity contribution in [2.75, 3.05) is 26.0 Å². The molecule has 0 aromatic heterocycles. The van der Waals surface area contributed by atoms with Gasteiger partial charge in [0.15, 0.2) is 5.96 Å². The molecule has 0 saturated carbocycles. The molecular formula is C11H15BrN4O. The van der Waals surface area contributed by atoms with E-state index in [0.717, 1.165) is 10.2 Å². The van der Waals surface area contributed by atoms with Crippen molar-refractivity contribution in [3.63, 3.8) is 0 Å².